The first-order valence-electron chi connectivity index (χ1n) is 12.3. The number of carbonyl (C=O) groups excluding carboxylic acids is 3. The number of esters is 1. The summed E-state index contributed by atoms with van der Waals surface area (Å²) in [5.41, 5.74) is 0.523. The fourth-order valence-corrected chi connectivity index (χ4v) is 4.22. The molecule has 0 saturated heterocycles. The molecule has 0 unspecified atom stereocenters. The average Bonchev–Trinajstić information content (AvgIpc) is 2.93. The number of carbonyl (C=O) groups is 3. The van der Waals surface area contributed by atoms with E-state index in [1.165, 1.54) is 19.9 Å². The molecule has 15 heteroatoms. The van der Waals surface area contributed by atoms with Gasteiger partial charge in [-0.25, -0.2) is 0 Å². The Bertz CT molecular complexity index is 1550. The van der Waals surface area contributed by atoms with Crippen LogP contribution in [-0.2, 0) is 25.7 Å². The van der Waals surface area contributed by atoms with Gasteiger partial charge in [0.2, 0.25) is 5.91 Å². The van der Waals surface area contributed by atoms with Gasteiger partial charge in [-0.1, -0.05) is 30.3 Å². The summed E-state index contributed by atoms with van der Waals surface area (Å²) in [7, 11) is 0. The second-order valence-corrected chi connectivity index (χ2v) is 9.77. The first-order valence-corrected chi connectivity index (χ1v) is 13.1. The molecule has 14 nitrogen and oxygen atoms in total. The van der Waals surface area contributed by atoms with Crippen LogP contribution in [0.15, 0.2) is 75.4 Å². The number of azo groups is 1. The molecule has 0 aliphatic carbocycles. The molecular formula is C27H25BrN6O8. The number of non-ortho nitro benzene ring substituents is 1. The van der Waals surface area contributed by atoms with E-state index in [2.05, 4.69) is 31.5 Å². The Morgan fingerprint density at radius 3 is 2.31 bits per heavy atom. The molecule has 0 aliphatic rings. The lowest BCUT2D eigenvalue weighted by Crippen LogP contribution is -2.27. The molecule has 0 atom stereocenters. The van der Waals surface area contributed by atoms with Gasteiger partial charge in [0.05, 0.1) is 32.5 Å². The van der Waals surface area contributed by atoms with Crippen LogP contribution in [0.2, 0.25) is 0 Å². The fraction of sp³-hybridized carbons (Fsp3) is 0.222. The summed E-state index contributed by atoms with van der Waals surface area (Å²) < 4.78 is 4.96. The van der Waals surface area contributed by atoms with E-state index in [-0.39, 0.29) is 46.9 Å². The van der Waals surface area contributed by atoms with Gasteiger partial charge in [-0.2, -0.15) is 0 Å². The number of amides is 1. The van der Waals surface area contributed by atoms with Crippen LogP contribution in [0.1, 0.15) is 25.8 Å². The third kappa shape index (κ3) is 8.99. The average molecular weight is 641 g/mol. The molecule has 0 bridgehead atoms. The van der Waals surface area contributed by atoms with E-state index in [4.69, 9.17) is 4.74 Å². The zero-order valence-corrected chi connectivity index (χ0v) is 24.1. The maximum absolute atomic E-state index is 12.2. The number of rotatable bonds is 13. The molecular weight excluding hydrogens is 616 g/mol. The molecule has 0 radical (unpaired) electrons. The summed E-state index contributed by atoms with van der Waals surface area (Å²) in [6.07, 6.45) is -0.0190. The largest absolute Gasteiger partial charge is 0.458 e. The SMILES string of the molecule is CC(=O)COC(=O)CCN(Cc1ccccc1)c1ccc(N=Nc2c(Br)cc([N+](=O)[O-])cc2[N+](=O)[O-])c(NC(C)=O)c1. The molecule has 1 amide bonds. The Hall–Kier alpha value is -5.05. The van der Waals surface area contributed by atoms with Gasteiger partial charge >= 0.3 is 11.7 Å². The van der Waals surface area contributed by atoms with E-state index in [1.54, 1.807) is 12.1 Å². The minimum atomic E-state index is -0.813. The van der Waals surface area contributed by atoms with Gasteiger partial charge in [0, 0.05) is 31.8 Å². The predicted molar refractivity (Wildman–Crippen MR) is 156 cm³/mol. The molecule has 218 valence electrons. The van der Waals surface area contributed by atoms with Crippen molar-refractivity contribution in [2.45, 2.75) is 26.8 Å². The van der Waals surface area contributed by atoms with Crippen LogP contribution in [0, 0.1) is 20.2 Å². The topological polar surface area (TPSA) is 187 Å². The number of ketones is 1. The molecule has 3 aromatic rings. The fourth-order valence-electron chi connectivity index (χ4n) is 3.70. The Labute approximate surface area is 247 Å². The number of anilines is 2. The van der Waals surface area contributed by atoms with Crippen LogP contribution in [0.3, 0.4) is 0 Å². The number of nitrogens with zero attached hydrogens (tertiary/aromatic N) is 5. The minimum absolute atomic E-state index is 0.0180. The molecule has 0 fully saturated rings. The molecule has 3 rings (SSSR count). The van der Waals surface area contributed by atoms with E-state index < -0.39 is 33.1 Å². The van der Waals surface area contributed by atoms with Crippen LogP contribution < -0.4 is 10.2 Å². The highest BCUT2D eigenvalue weighted by Gasteiger charge is 2.24. The van der Waals surface area contributed by atoms with Crippen molar-refractivity contribution in [1.82, 2.24) is 0 Å². The third-order valence-corrected chi connectivity index (χ3v) is 6.19. The van der Waals surface area contributed by atoms with Crippen molar-refractivity contribution in [3.8, 4) is 0 Å². The van der Waals surface area contributed by atoms with Crippen molar-refractivity contribution in [3.05, 3.63) is 90.9 Å². The van der Waals surface area contributed by atoms with E-state index in [0.29, 0.717) is 12.2 Å². The lowest BCUT2D eigenvalue weighted by Gasteiger charge is -2.25. The van der Waals surface area contributed by atoms with Crippen molar-refractivity contribution < 1.29 is 29.0 Å². The summed E-state index contributed by atoms with van der Waals surface area (Å²) in [5.74, 6) is -1.25. The van der Waals surface area contributed by atoms with Crippen molar-refractivity contribution >= 4 is 67.7 Å². The van der Waals surface area contributed by atoms with Gasteiger partial charge in [-0.3, -0.25) is 34.6 Å². The number of hydrogen-bond acceptors (Lipinski definition) is 11. The van der Waals surface area contributed by atoms with Crippen molar-refractivity contribution in [3.63, 3.8) is 0 Å². The number of Topliss-reactive ketones (excluding diaryl/α,β-unsaturated/α-hetero) is 1. The maximum atomic E-state index is 12.2. The first kappa shape index (κ1) is 31.5. The number of nitro benzene ring substituents is 2. The Balaban J connectivity index is 1.98. The number of benzene rings is 3. The number of nitrogens with one attached hydrogen (secondary N) is 1. The van der Waals surface area contributed by atoms with Crippen LogP contribution >= 0.6 is 15.9 Å². The van der Waals surface area contributed by atoms with E-state index in [1.807, 2.05) is 35.2 Å². The van der Waals surface area contributed by atoms with Crippen molar-refractivity contribution in [1.29, 1.82) is 0 Å². The second kappa shape index (κ2) is 14.5. The van der Waals surface area contributed by atoms with Crippen LogP contribution in [0.5, 0.6) is 0 Å². The number of halogens is 1. The quantitative estimate of drug-likeness (QED) is 0.0986. The standard InChI is InChI=1S/C27H25BrN6O8/c1-17(35)16-42-26(37)10-11-32(15-19-6-4-3-5-7-19)20-8-9-23(24(13-20)29-18(2)36)30-31-27-22(28)12-21(33(38)39)14-25(27)34(40)41/h3-9,12-14H,10-11,15-16H2,1-2H3,(H,29,36). The highest BCUT2D eigenvalue weighted by molar-refractivity contribution is 9.10. The van der Waals surface area contributed by atoms with Crippen LogP contribution in [0.4, 0.5) is 34.1 Å². The van der Waals surface area contributed by atoms with Gasteiger partial charge in [-0.05, 0) is 46.6 Å². The zero-order valence-electron chi connectivity index (χ0n) is 22.5. The highest BCUT2D eigenvalue weighted by atomic mass is 79.9. The molecule has 0 saturated carbocycles. The van der Waals surface area contributed by atoms with Crippen LogP contribution in [-0.4, -0.2) is 40.7 Å². The second-order valence-electron chi connectivity index (χ2n) is 8.91. The predicted octanol–water partition coefficient (Wildman–Crippen LogP) is 6.17. The molecule has 3 aromatic carbocycles. The first-order chi connectivity index (χ1) is 19.9. The Morgan fingerprint density at radius 2 is 1.69 bits per heavy atom. The van der Waals surface area contributed by atoms with Gasteiger partial charge in [0.15, 0.2) is 11.5 Å². The molecule has 1 N–H and O–H groups in total. The minimum Gasteiger partial charge on any atom is -0.458 e. The molecule has 42 heavy (non-hydrogen) atoms. The molecule has 0 aromatic heterocycles. The lowest BCUT2D eigenvalue weighted by atomic mass is 10.1. The number of nitro groups is 2. The van der Waals surface area contributed by atoms with E-state index in [9.17, 15) is 34.6 Å². The Kier molecular flexibility index (Phi) is 10.9. The van der Waals surface area contributed by atoms with Gasteiger partial charge < -0.3 is 15.0 Å². The van der Waals surface area contributed by atoms with E-state index >= 15 is 0 Å². The number of ether oxygens (including phenoxy) is 1. The summed E-state index contributed by atoms with van der Waals surface area (Å²) in [4.78, 5) is 58.4. The lowest BCUT2D eigenvalue weighted by molar-refractivity contribution is -0.393. The zero-order chi connectivity index (χ0) is 30.8. The maximum Gasteiger partial charge on any atom is 0.308 e. The van der Waals surface area contributed by atoms with Crippen molar-refractivity contribution in [2.24, 2.45) is 10.2 Å². The monoisotopic (exact) mass is 640 g/mol. The van der Waals surface area contributed by atoms with Gasteiger partial charge in [0.1, 0.15) is 12.3 Å². The third-order valence-electron chi connectivity index (χ3n) is 5.59. The van der Waals surface area contributed by atoms with Crippen LogP contribution in [0.25, 0.3) is 0 Å². The molecule has 0 aliphatic heterocycles. The summed E-state index contributed by atoms with van der Waals surface area (Å²) in [6.45, 7) is 2.90. The van der Waals surface area contributed by atoms with Gasteiger partial charge in [-0.15, -0.1) is 10.2 Å². The van der Waals surface area contributed by atoms with Crippen molar-refractivity contribution in [2.75, 3.05) is 23.4 Å². The normalized spacial score (nSPS) is 10.7. The highest BCUT2D eigenvalue weighted by Crippen LogP contribution is 2.41. The Morgan fingerprint density at radius 1 is 0.976 bits per heavy atom. The summed E-state index contributed by atoms with van der Waals surface area (Å²) in [5, 5.41) is 33.4. The summed E-state index contributed by atoms with van der Waals surface area (Å²) >= 11 is 3.08. The smallest absolute Gasteiger partial charge is 0.308 e. The summed E-state index contributed by atoms with van der Waals surface area (Å²) in [6, 6.07) is 16.1. The van der Waals surface area contributed by atoms with Gasteiger partial charge in [0.25, 0.3) is 5.69 Å². The molecule has 0 heterocycles. The van der Waals surface area contributed by atoms with E-state index in [0.717, 1.165) is 17.7 Å². The number of hydrogen-bond donors (Lipinski definition) is 1. The molecule has 0 spiro atoms.